The molecule has 1 aliphatic carbocycles. The molecule has 5 rings (SSSR count). The van der Waals surface area contributed by atoms with Gasteiger partial charge >= 0.3 is 5.97 Å². The molecule has 1 saturated carbocycles. The Hall–Kier alpha value is -3.46. The third kappa shape index (κ3) is 7.30. The van der Waals surface area contributed by atoms with Gasteiger partial charge in [0.2, 0.25) is 11.1 Å². The summed E-state index contributed by atoms with van der Waals surface area (Å²) in [5.74, 6) is 2.91. The van der Waals surface area contributed by atoms with Crippen LogP contribution in [0.25, 0.3) is 0 Å². The fourth-order valence-corrected chi connectivity index (χ4v) is 6.16. The molecule has 42 heavy (non-hydrogen) atoms. The van der Waals surface area contributed by atoms with Gasteiger partial charge in [-0.05, 0) is 75.1 Å². The van der Waals surface area contributed by atoms with Crippen LogP contribution in [-0.4, -0.2) is 40.1 Å². The molecule has 9 heteroatoms. The molecule has 224 valence electrons. The predicted molar refractivity (Wildman–Crippen MR) is 166 cm³/mol. The normalized spacial score (nSPS) is 17.1. The van der Waals surface area contributed by atoms with Crippen molar-refractivity contribution >= 4 is 23.7 Å². The lowest BCUT2D eigenvalue weighted by Crippen LogP contribution is -2.32. The van der Waals surface area contributed by atoms with Crippen LogP contribution >= 0.6 is 11.8 Å². The van der Waals surface area contributed by atoms with Gasteiger partial charge in [-0.15, -0.1) is 5.10 Å². The number of aromatic nitrogens is 3. The number of nitrogens with zero attached hydrogens (tertiary/aromatic N) is 3. The largest absolute Gasteiger partial charge is 0.490 e. The van der Waals surface area contributed by atoms with Crippen molar-refractivity contribution < 1.29 is 19.0 Å². The van der Waals surface area contributed by atoms with E-state index < -0.39 is 6.04 Å². The lowest BCUT2D eigenvalue weighted by molar-refractivity contribution is -0.146. The van der Waals surface area contributed by atoms with Crippen molar-refractivity contribution in [2.45, 2.75) is 89.3 Å². The zero-order valence-electron chi connectivity index (χ0n) is 25.1. The summed E-state index contributed by atoms with van der Waals surface area (Å²) >= 11 is 1.57. The van der Waals surface area contributed by atoms with Crippen LogP contribution in [0, 0.1) is 5.92 Å². The molecule has 0 bridgehead atoms. The van der Waals surface area contributed by atoms with E-state index in [0.717, 1.165) is 49.1 Å². The van der Waals surface area contributed by atoms with E-state index >= 15 is 0 Å². The second kappa shape index (κ2) is 14.1. The first-order chi connectivity index (χ1) is 20.4. The SMILES string of the molecule is CCOc1cc(C2C(C(=O)OC3CCCCC3)=C(C)Nc3nc(SCc4ccccc4)nn32)ccc1OCCC(C)C. The number of carbonyl (C=O) groups is 1. The average Bonchev–Trinajstić information content (AvgIpc) is 3.39. The highest BCUT2D eigenvalue weighted by atomic mass is 32.2. The van der Waals surface area contributed by atoms with Gasteiger partial charge in [-0.1, -0.05) is 68.4 Å². The second-order valence-electron chi connectivity index (χ2n) is 11.3. The highest BCUT2D eigenvalue weighted by Gasteiger charge is 2.37. The van der Waals surface area contributed by atoms with Crippen LogP contribution in [0.15, 0.2) is 65.0 Å². The van der Waals surface area contributed by atoms with Gasteiger partial charge in [-0.25, -0.2) is 9.48 Å². The highest BCUT2D eigenvalue weighted by molar-refractivity contribution is 7.98. The number of fused-ring (bicyclic) bond motifs is 1. The first-order valence-corrected chi connectivity index (χ1v) is 16.1. The lowest BCUT2D eigenvalue weighted by atomic mass is 9.94. The molecule has 1 aromatic heterocycles. The van der Waals surface area contributed by atoms with Gasteiger partial charge in [0.1, 0.15) is 12.1 Å². The van der Waals surface area contributed by atoms with Gasteiger partial charge in [-0.3, -0.25) is 0 Å². The molecule has 0 spiro atoms. The quantitative estimate of drug-likeness (QED) is 0.171. The molecule has 1 N–H and O–H groups in total. The summed E-state index contributed by atoms with van der Waals surface area (Å²) in [5.41, 5.74) is 3.31. The van der Waals surface area contributed by atoms with Gasteiger partial charge in [0.05, 0.1) is 18.8 Å². The highest BCUT2D eigenvalue weighted by Crippen LogP contribution is 2.40. The molecule has 2 aromatic carbocycles. The molecule has 2 aliphatic rings. The minimum Gasteiger partial charge on any atom is -0.490 e. The molecule has 0 saturated heterocycles. The molecular weight excluding hydrogens is 548 g/mol. The molecule has 3 aromatic rings. The number of nitrogens with one attached hydrogen (secondary N) is 1. The van der Waals surface area contributed by atoms with Crippen LogP contribution in [0.1, 0.15) is 83.4 Å². The van der Waals surface area contributed by atoms with Crippen LogP contribution in [0.2, 0.25) is 0 Å². The summed E-state index contributed by atoms with van der Waals surface area (Å²) in [6.45, 7) is 9.33. The first kappa shape index (κ1) is 30.0. The molecule has 0 amide bonds. The number of allylic oxidation sites excluding steroid dienone is 1. The smallest absolute Gasteiger partial charge is 0.338 e. The Morgan fingerprint density at radius 1 is 1.07 bits per heavy atom. The molecular formula is C33H42N4O4S. The Labute approximate surface area is 253 Å². The van der Waals surface area contributed by atoms with Crippen molar-refractivity contribution in [3.63, 3.8) is 0 Å². The maximum atomic E-state index is 13.8. The number of hydrogen-bond acceptors (Lipinski definition) is 8. The van der Waals surface area contributed by atoms with E-state index in [1.54, 1.807) is 11.8 Å². The molecule has 1 atom stereocenters. The molecule has 8 nitrogen and oxygen atoms in total. The fourth-order valence-electron chi connectivity index (χ4n) is 5.37. The number of ether oxygens (including phenoxy) is 3. The van der Waals surface area contributed by atoms with Crippen molar-refractivity contribution in [3.05, 3.63) is 70.9 Å². The van der Waals surface area contributed by atoms with Crippen LogP contribution < -0.4 is 14.8 Å². The average molecular weight is 591 g/mol. The van der Waals surface area contributed by atoms with Crippen LogP contribution in [0.4, 0.5) is 5.95 Å². The molecule has 1 aliphatic heterocycles. The molecule has 0 radical (unpaired) electrons. The Balaban J connectivity index is 1.48. The number of anilines is 1. The maximum Gasteiger partial charge on any atom is 0.338 e. The van der Waals surface area contributed by atoms with Gasteiger partial charge in [0.25, 0.3) is 0 Å². The van der Waals surface area contributed by atoms with Crippen molar-refractivity contribution in [1.29, 1.82) is 0 Å². The van der Waals surface area contributed by atoms with Gasteiger partial charge < -0.3 is 19.5 Å². The summed E-state index contributed by atoms with van der Waals surface area (Å²) in [7, 11) is 0. The zero-order chi connectivity index (χ0) is 29.5. The number of rotatable bonds is 12. The monoisotopic (exact) mass is 590 g/mol. The third-order valence-electron chi connectivity index (χ3n) is 7.63. The molecule has 2 heterocycles. The predicted octanol–water partition coefficient (Wildman–Crippen LogP) is 7.56. The van der Waals surface area contributed by atoms with Gasteiger partial charge in [0.15, 0.2) is 11.5 Å². The van der Waals surface area contributed by atoms with E-state index in [2.05, 4.69) is 31.3 Å². The Bertz CT molecular complexity index is 1380. The number of esters is 1. The Morgan fingerprint density at radius 3 is 2.60 bits per heavy atom. The number of benzene rings is 2. The summed E-state index contributed by atoms with van der Waals surface area (Å²) in [5, 5.41) is 8.87. The van der Waals surface area contributed by atoms with Crippen LogP contribution in [0.3, 0.4) is 0 Å². The minimum absolute atomic E-state index is 0.0583. The summed E-state index contributed by atoms with van der Waals surface area (Å²) in [6, 6.07) is 15.6. The van der Waals surface area contributed by atoms with E-state index in [9.17, 15) is 4.79 Å². The van der Waals surface area contributed by atoms with E-state index in [1.165, 1.54) is 12.0 Å². The first-order valence-electron chi connectivity index (χ1n) is 15.1. The standard InChI is InChI=1S/C33H42N4O4S/c1-5-39-28-20-25(16-17-27(28)40-19-18-22(2)3)30-29(31(38)41-26-14-10-7-11-15-26)23(4)34-32-35-33(36-37(30)32)42-21-24-12-8-6-9-13-24/h6,8-9,12-13,16-17,20,22,26,30H,5,7,10-11,14-15,18-19,21H2,1-4H3,(H,34,35,36). The van der Waals surface area contributed by atoms with Crippen molar-refractivity contribution in [1.82, 2.24) is 14.8 Å². The van der Waals surface area contributed by atoms with E-state index in [4.69, 9.17) is 24.3 Å². The van der Waals surface area contributed by atoms with Gasteiger partial charge in [-0.2, -0.15) is 4.98 Å². The fraction of sp³-hybridized carbons (Fsp3) is 0.485. The minimum atomic E-state index is -0.528. The van der Waals surface area contributed by atoms with Crippen LogP contribution in [0.5, 0.6) is 11.5 Å². The van der Waals surface area contributed by atoms with Crippen LogP contribution in [-0.2, 0) is 15.3 Å². The number of carbonyl (C=O) groups excluding carboxylic acids is 1. The van der Waals surface area contributed by atoms with E-state index in [0.29, 0.717) is 47.3 Å². The summed E-state index contributed by atoms with van der Waals surface area (Å²) in [4.78, 5) is 18.6. The summed E-state index contributed by atoms with van der Waals surface area (Å²) < 4.78 is 20.0. The number of hydrogen-bond donors (Lipinski definition) is 1. The van der Waals surface area contributed by atoms with Gasteiger partial charge in [0, 0.05) is 11.4 Å². The van der Waals surface area contributed by atoms with Crippen molar-refractivity contribution in [2.24, 2.45) is 5.92 Å². The second-order valence-corrected chi connectivity index (χ2v) is 12.3. The van der Waals surface area contributed by atoms with E-state index in [1.807, 2.05) is 54.9 Å². The third-order valence-corrected chi connectivity index (χ3v) is 8.53. The Morgan fingerprint density at radius 2 is 1.86 bits per heavy atom. The lowest BCUT2D eigenvalue weighted by Gasteiger charge is -2.30. The molecule has 1 unspecified atom stereocenters. The van der Waals surface area contributed by atoms with Crippen molar-refractivity contribution in [2.75, 3.05) is 18.5 Å². The zero-order valence-corrected chi connectivity index (χ0v) is 25.9. The van der Waals surface area contributed by atoms with Crippen molar-refractivity contribution in [3.8, 4) is 11.5 Å². The summed E-state index contributed by atoms with van der Waals surface area (Å²) in [6.07, 6.45) is 6.07. The number of thioether (sulfide) groups is 1. The topological polar surface area (TPSA) is 87.5 Å². The Kier molecular flexibility index (Phi) is 10.1. The molecule has 1 fully saturated rings. The van der Waals surface area contributed by atoms with E-state index in [-0.39, 0.29) is 12.1 Å². The maximum absolute atomic E-state index is 13.8.